The highest BCUT2D eigenvalue weighted by molar-refractivity contribution is 5.99. The van der Waals surface area contributed by atoms with Crippen LogP contribution in [0.2, 0.25) is 0 Å². The fourth-order valence-corrected chi connectivity index (χ4v) is 9.95. The topological polar surface area (TPSA) is 443 Å². The third-order valence-corrected chi connectivity index (χ3v) is 14.3. The zero-order valence-corrected chi connectivity index (χ0v) is 44.2. The van der Waals surface area contributed by atoms with Crippen molar-refractivity contribution in [1.29, 1.82) is 0 Å². The van der Waals surface area contributed by atoms with Gasteiger partial charge in [-0.1, -0.05) is 30.7 Å². The summed E-state index contributed by atoms with van der Waals surface area (Å²) in [6.45, 7) is 0.228. The minimum Gasteiger partial charge on any atom is -0.508 e. The normalized spacial score (nSPS) is 21.7. The number of rotatable bonds is 28. The SMILES string of the molecule is C[C@@H](O)[C@H](NC(=O)[C@@H]1C[C@@H](O)CN1C(=O)[C@@H]1C[C@@H](O)CN1C(=O)[C@H](Cc1ccc(O)cc1)NC(=O)[C@H](CO)NC(=O)[C@@H]1CCCN1C(=O)[C@@H](N)CCCCN)C(=O)N[C@@H](Cc1ccc(O)cc1)C(=O)N[C@@H](CCCCN)C(=O)O. The van der Waals surface area contributed by atoms with Crippen molar-refractivity contribution in [2.75, 3.05) is 39.3 Å². The molecule has 3 heterocycles. The Morgan fingerprint density at radius 2 is 1.11 bits per heavy atom. The van der Waals surface area contributed by atoms with Crippen LogP contribution in [0.5, 0.6) is 11.5 Å². The van der Waals surface area contributed by atoms with Gasteiger partial charge in [0.1, 0.15) is 59.8 Å². The minimum atomic E-state index is -1.81. The summed E-state index contributed by atoms with van der Waals surface area (Å²) in [5.41, 5.74) is 18.1. The molecule has 0 spiro atoms. The molecule has 0 radical (unpaired) electrons. The molecule has 0 aromatic heterocycles. The van der Waals surface area contributed by atoms with Crippen molar-refractivity contribution in [2.45, 2.75) is 157 Å². The summed E-state index contributed by atoms with van der Waals surface area (Å²) in [5.74, 6) is -8.71. The van der Waals surface area contributed by atoms with E-state index < -0.39 is 146 Å². The van der Waals surface area contributed by atoms with Gasteiger partial charge in [-0.15, -0.1) is 0 Å². The van der Waals surface area contributed by atoms with E-state index in [1.165, 1.54) is 53.4 Å². The molecule has 18 N–H and O–H groups in total. The number of nitrogens with one attached hydrogen (secondary N) is 5. The van der Waals surface area contributed by atoms with Crippen LogP contribution in [0.3, 0.4) is 0 Å². The highest BCUT2D eigenvalue weighted by Gasteiger charge is 2.49. The summed E-state index contributed by atoms with van der Waals surface area (Å²) in [5, 5.41) is 85.1. The number of nitrogens with zero attached hydrogens (tertiary/aromatic N) is 3. The number of aliphatic carboxylic acids is 1. The molecular weight excluding hydrogens is 1030 g/mol. The molecule has 79 heavy (non-hydrogen) atoms. The van der Waals surface area contributed by atoms with E-state index in [1.54, 1.807) is 0 Å². The molecule has 0 unspecified atom stereocenters. The van der Waals surface area contributed by atoms with Gasteiger partial charge in [0.2, 0.25) is 47.3 Å². The molecule has 12 atom stereocenters. The molecule has 8 amide bonds. The molecule has 0 bridgehead atoms. The first-order valence-electron chi connectivity index (χ1n) is 26.6. The number of aromatic hydroxyl groups is 2. The van der Waals surface area contributed by atoms with Crippen LogP contribution in [-0.2, 0) is 56.0 Å². The number of benzene rings is 2. The van der Waals surface area contributed by atoms with Crippen molar-refractivity contribution in [3.05, 3.63) is 59.7 Å². The number of β-amino-alcohol motifs (C(OH)–C–C–N with tert-alkyl or cyclic N) is 2. The van der Waals surface area contributed by atoms with E-state index in [2.05, 4.69) is 26.6 Å². The summed E-state index contributed by atoms with van der Waals surface area (Å²) in [7, 11) is 0. The number of carboxylic acids is 1. The molecule has 3 fully saturated rings. The van der Waals surface area contributed by atoms with Crippen molar-refractivity contribution < 1.29 is 78.9 Å². The van der Waals surface area contributed by atoms with Crippen LogP contribution in [0.1, 0.15) is 82.3 Å². The van der Waals surface area contributed by atoms with E-state index >= 15 is 0 Å². The standard InChI is InChI=1S/C52H77N11O16/c1-28(65)43(48(74)57-37(21-29-10-14-31(66)15-11-29)44(70)56-36(52(78)79)8-3-5-19-54)60-47(73)41-23-33(68)25-62(41)51(77)42-24-34(69)26-63(42)50(76)38(22-30-12-16-32(67)17-13-30)58-45(71)39(27-64)59-46(72)40-9-6-20-61(40)49(75)35(55)7-2-4-18-53/h10-17,28,33-43,64-69H,2-9,18-27,53-55H2,1H3,(H,56,70)(H,57,74)(H,58,71)(H,59,72)(H,60,73)(H,78,79)/t28-,33-,34-,35+,36+,37+,38+,39+,40+,41+,42+,43+/m1/s1. The number of carbonyl (C=O) groups is 9. The molecule has 436 valence electrons. The van der Waals surface area contributed by atoms with Crippen LogP contribution in [0, 0.1) is 0 Å². The summed E-state index contributed by atoms with van der Waals surface area (Å²) in [6.07, 6.45) is -2.42. The van der Waals surface area contributed by atoms with Gasteiger partial charge in [0, 0.05) is 45.3 Å². The molecule has 27 nitrogen and oxygen atoms in total. The lowest BCUT2D eigenvalue weighted by atomic mass is 10.0. The number of carboxylic acid groups (broad SMARTS) is 1. The van der Waals surface area contributed by atoms with E-state index in [0.29, 0.717) is 56.2 Å². The molecular formula is C52H77N11O16. The molecule has 5 rings (SSSR count). The molecule has 3 aliphatic heterocycles. The van der Waals surface area contributed by atoms with Gasteiger partial charge in [0.05, 0.1) is 31.0 Å². The van der Waals surface area contributed by atoms with Gasteiger partial charge in [0.15, 0.2) is 0 Å². The van der Waals surface area contributed by atoms with E-state index in [0.717, 1.165) is 16.7 Å². The number of aliphatic hydroxyl groups is 4. The second-order valence-electron chi connectivity index (χ2n) is 20.4. The molecule has 2 aromatic rings. The quantitative estimate of drug-likeness (QED) is 0.0356. The van der Waals surface area contributed by atoms with Crippen molar-refractivity contribution in [2.24, 2.45) is 17.2 Å². The van der Waals surface area contributed by atoms with Crippen LogP contribution in [0.25, 0.3) is 0 Å². The second-order valence-corrected chi connectivity index (χ2v) is 20.4. The Labute approximate surface area is 456 Å². The first-order chi connectivity index (χ1) is 37.6. The Morgan fingerprint density at radius 3 is 1.67 bits per heavy atom. The second kappa shape index (κ2) is 29.8. The maximum atomic E-state index is 14.7. The minimum absolute atomic E-state index is 0.0146. The monoisotopic (exact) mass is 1110 g/mol. The van der Waals surface area contributed by atoms with Crippen molar-refractivity contribution >= 4 is 53.2 Å². The van der Waals surface area contributed by atoms with Crippen molar-refractivity contribution in [1.82, 2.24) is 41.3 Å². The fraction of sp³-hybridized carbons (Fsp3) is 0.596. The van der Waals surface area contributed by atoms with Crippen LogP contribution >= 0.6 is 0 Å². The first kappa shape index (κ1) is 62.8. The number of unbranched alkanes of at least 4 members (excludes halogenated alkanes) is 2. The maximum absolute atomic E-state index is 14.7. The fourth-order valence-electron chi connectivity index (χ4n) is 9.95. The molecule has 3 saturated heterocycles. The lowest BCUT2D eigenvalue weighted by Crippen LogP contribution is -2.61. The third-order valence-electron chi connectivity index (χ3n) is 14.3. The van der Waals surface area contributed by atoms with Crippen LogP contribution in [0.4, 0.5) is 0 Å². The van der Waals surface area contributed by atoms with Crippen LogP contribution < -0.4 is 43.8 Å². The van der Waals surface area contributed by atoms with E-state index in [9.17, 15) is 78.9 Å². The van der Waals surface area contributed by atoms with Gasteiger partial charge in [-0.05, 0) is 100 Å². The van der Waals surface area contributed by atoms with Crippen molar-refractivity contribution in [3.8, 4) is 11.5 Å². The predicted octanol–water partition coefficient (Wildman–Crippen LogP) is -4.74. The summed E-state index contributed by atoms with van der Waals surface area (Å²) in [6, 6.07) is -1.68. The number of carbonyl (C=O) groups excluding carboxylic acids is 8. The number of phenols is 2. The number of hydrogen-bond acceptors (Lipinski definition) is 18. The third kappa shape index (κ3) is 17.5. The Morgan fingerprint density at radius 1 is 0.608 bits per heavy atom. The van der Waals surface area contributed by atoms with Gasteiger partial charge in [0.25, 0.3) is 0 Å². The van der Waals surface area contributed by atoms with E-state index in [1.807, 2.05) is 0 Å². The summed E-state index contributed by atoms with van der Waals surface area (Å²) in [4.78, 5) is 128. The number of likely N-dealkylation sites (tertiary alicyclic amines) is 3. The number of aliphatic hydroxyl groups excluding tert-OH is 4. The predicted molar refractivity (Wildman–Crippen MR) is 280 cm³/mol. The van der Waals surface area contributed by atoms with Crippen LogP contribution in [-0.4, -0.2) is 216 Å². The van der Waals surface area contributed by atoms with Gasteiger partial charge in [-0.2, -0.15) is 0 Å². The van der Waals surface area contributed by atoms with Gasteiger partial charge in [-0.3, -0.25) is 38.4 Å². The van der Waals surface area contributed by atoms with Crippen LogP contribution in [0.15, 0.2) is 48.5 Å². The molecule has 3 aliphatic rings. The van der Waals surface area contributed by atoms with Gasteiger partial charge >= 0.3 is 5.97 Å². The molecule has 0 aliphatic carbocycles. The maximum Gasteiger partial charge on any atom is 0.326 e. The van der Waals surface area contributed by atoms with E-state index in [-0.39, 0.29) is 63.1 Å². The summed E-state index contributed by atoms with van der Waals surface area (Å²) < 4.78 is 0. The van der Waals surface area contributed by atoms with E-state index in [4.69, 9.17) is 17.2 Å². The first-order valence-corrected chi connectivity index (χ1v) is 26.6. The molecule has 0 saturated carbocycles. The number of phenolic OH excluding ortho intramolecular Hbond substituents is 2. The Kier molecular flexibility index (Phi) is 23.7. The zero-order valence-electron chi connectivity index (χ0n) is 44.2. The Hall–Kier alpha value is -7.01. The number of nitrogens with two attached hydrogens (primary N) is 3. The average molecular weight is 1110 g/mol. The van der Waals surface area contributed by atoms with Gasteiger partial charge < -0.3 is 94.2 Å². The van der Waals surface area contributed by atoms with Crippen molar-refractivity contribution in [3.63, 3.8) is 0 Å². The Balaban J connectivity index is 1.33. The lowest BCUT2D eigenvalue weighted by molar-refractivity contribution is -0.148. The molecule has 2 aromatic carbocycles. The number of hydrogen-bond donors (Lipinski definition) is 15. The smallest absolute Gasteiger partial charge is 0.326 e. The number of amides is 8. The summed E-state index contributed by atoms with van der Waals surface area (Å²) >= 11 is 0. The highest BCUT2D eigenvalue weighted by Crippen LogP contribution is 2.28. The average Bonchev–Trinajstić information content (AvgIpc) is 4.33. The van der Waals surface area contributed by atoms with Gasteiger partial charge in [-0.25, -0.2) is 4.79 Å². The zero-order chi connectivity index (χ0) is 58.1. The highest BCUT2D eigenvalue weighted by atomic mass is 16.4. The largest absolute Gasteiger partial charge is 0.508 e. The Bertz CT molecular complexity index is 2430. The molecule has 27 heteroatoms. The lowest BCUT2D eigenvalue weighted by Gasteiger charge is -2.33.